The van der Waals surface area contributed by atoms with Gasteiger partial charge < -0.3 is 14.8 Å². The van der Waals surface area contributed by atoms with Crippen molar-refractivity contribution < 1.29 is 9.47 Å². The Morgan fingerprint density at radius 3 is 2.27 bits per heavy atom. The van der Waals surface area contributed by atoms with Crippen molar-refractivity contribution in [2.24, 2.45) is 0 Å². The highest BCUT2D eigenvalue weighted by Gasteiger charge is 2.13. The lowest BCUT2D eigenvalue weighted by Crippen LogP contribution is -2.16. The molecular formula is C24H24Cl3NO2. The zero-order valence-electron chi connectivity index (χ0n) is 16.8. The summed E-state index contributed by atoms with van der Waals surface area (Å²) in [5.41, 5.74) is 3.25. The summed E-state index contributed by atoms with van der Waals surface area (Å²) in [6.07, 6.45) is 0.970. The summed E-state index contributed by atoms with van der Waals surface area (Å²) < 4.78 is 11.7. The van der Waals surface area contributed by atoms with E-state index in [0.717, 1.165) is 24.1 Å². The van der Waals surface area contributed by atoms with Crippen LogP contribution < -0.4 is 14.8 Å². The summed E-state index contributed by atoms with van der Waals surface area (Å²) in [5.74, 6) is 1.16. The molecule has 30 heavy (non-hydrogen) atoms. The number of nitrogens with one attached hydrogen (secondary N) is 1. The average Bonchev–Trinajstić information content (AvgIpc) is 2.74. The van der Waals surface area contributed by atoms with E-state index in [9.17, 15) is 0 Å². The minimum atomic E-state index is 0.311. The van der Waals surface area contributed by atoms with Crippen LogP contribution in [0.15, 0.2) is 60.7 Å². The molecule has 3 rings (SSSR count). The second kappa shape index (κ2) is 11.5. The summed E-state index contributed by atoms with van der Waals surface area (Å²) in [6, 6.07) is 19.7. The molecule has 3 nitrogen and oxygen atoms in total. The quantitative estimate of drug-likeness (QED) is 0.329. The lowest BCUT2D eigenvalue weighted by atomic mass is 10.1. The van der Waals surface area contributed by atoms with Gasteiger partial charge in [0, 0.05) is 6.54 Å². The van der Waals surface area contributed by atoms with Gasteiger partial charge in [0.25, 0.3) is 0 Å². The first-order chi connectivity index (χ1) is 14.6. The van der Waals surface area contributed by atoms with Crippen molar-refractivity contribution in [2.45, 2.75) is 26.5 Å². The first kappa shape index (κ1) is 22.8. The van der Waals surface area contributed by atoms with E-state index < -0.39 is 0 Å². The van der Waals surface area contributed by atoms with Crippen LogP contribution in [0.1, 0.15) is 23.6 Å². The van der Waals surface area contributed by atoms with Gasteiger partial charge in [-0.15, -0.1) is 0 Å². The maximum Gasteiger partial charge on any atom is 0.180 e. The van der Waals surface area contributed by atoms with Crippen LogP contribution in [-0.2, 0) is 19.6 Å². The molecule has 158 valence electrons. The molecule has 0 amide bonds. The normalized spacial score (nSPS) is 10.8. The summed E-state index contributed by atoms with van der Waals surface area (Å²) in [7, 11) is 0. The Morgan fingerprint density at radius 1 is 0.767 bits per heavy atom. The molecule has 0 bridgehead atoms. The number of halogens is 3. The molecule has 0 saturated carbocycles. The lowest BCUT2D eigenvalue weighted by molar-refractivity contribution is 0.269. The number of hydrogen-bond acceptors (Lipinski definition) is 3. The second-order valence-corrected chi connectivity index (χ2v) is 8.01. The minimum absolute atomic E-state index is 0.311. The summed E-state index contributed by atoms with van der Waals surface area (Å²) >= 11 is 18.6. The molecule has 3 aromatic carbocycles. The Labute approximate surface area is 192 Å². The lowest BCUT2D eigenvalue weighted by Gasteiger charge is -2.16. The van der Waals surface area contributed by atoms with Gasteiger partial charge in [-0.1, -0.05) is 71.2 Å². The molecule has 3 aromatic rings. The van der Waals surface area contributed by atoms with Gasteiger partial charge in [0.05, 0.1) is 21.7 Å². The Balaban J connectivity index is 1.63. The summed E-state index contributed by atoms with van der Waals surface area (Å²) in [6.45, 7) is 4.33. The monoisotopic (exact) mass is 463 g/mol. The fraction of sp³-hybridized carbons (Fsp3) is 0.250. The van der Waals surface area contributed by atoms with Crippen molar-refractivity contribution in [3.63, 3.8) is 0 Å². The molecular weight excluding hydrogens is 441 g/mol. The Hall–Kier alpha value is -1.91. The predicted octanol–water partition coefficient (Wildman–Crippen LogP) is 6.96. The van der Waals surface area contributed by atoms with Gasteiger partial charge in [0.2, 0.25) is 0 Å². The highest BCUT2D eigenvalue weighted by molar-refractivity contribution is 6.42. The van der Waals surface area contributed by atoms with E-state index >= 15 is 0 Å². The molecule has 0 aromatic heterocycles. The number of hydrogen-bond donors (Lipinski definition) is 1. The van der Waals surface area contributed by atoms with Crippen LogP contribution in [0.4, 0.5) is 0 Å². The smallest absolute Gasteiger partial charge is 0.180 e. The van der Waals surface area contributed by atoms with Crippen LogP contribution >= 0.6 is 34.8 Å². The van der Waals surface area contributed by atoms with Crippen molar-refractivity contribution >= 4 is 34.8 Å². The molecule has 0 radical (unpaired) electrons. The van der Waals surface area contributed by atoms with Crippen LogP contribution in [0.2, 0.25) is 15.1 Å². The van der Waals surface area contributed by atoms with Gasteiger partial charge in [-0.2, -0.15) is 0 Å². The molecule has 0 aliphatic heterocycles. The van der Waals surface area contributed by atoms with Crippen molar-refractivity contribution in [1.82, 2.24) is 5.32 Å². The molecule has 0 aliphatic rings. The van der Waals surface area contributed by atoms with Crippen molar-refractivity contribution in [3.8, 4) is 11.5 Å². The standard InChI is InChI=1S/C24H24Cl3NO2/c1-2-29-23-14-19(15-28-11-10-17-6-4-3-5-7-17)13-22(27)24(23)30-16-18-8-9-20(25)21(26)12-18/h3-9,12-14,28H,2,10-11,15-16H2,1H3. The maximum atomic E-state index is 6.52. The maximum absolute atomic E-state index is 6.52. The SMILES string of the molecule is CCOc1cc(CNCCc2ccccc2)cc(Cl)c1OCc1ccc(Cl)c(Cl)c1. The van der Waals surface area contributed by atoms with E-state index in [1.807, 2.05) is 31.2 Å². The van der Waals surface area contributed by atoms with E-state index in [1.165, 1.54) is 5.56 Å². The highest BCUT2D eigenvalue weighted by atomic mass is 35.5. The fourth-order valence-electron chi connectivity index (χ4n) is 3.02. The predicted molar refractivity (Wildman–Crippen MR) is 125 cm³/mol. The number of ether oxygens (including phenoxy) is 2. The Morgan fingerprint density at radius 2 is 1.53 bits per heavy atom. The third-order valence-corrected chi connectivity index (χ3v) is 5.52. The van der Waals surface area contributed by atoms with Gasteiger partial charge in [-0.3, -0.25) is 0 Å². The van der Waals surface area contributed by atoms with Crippen LogP contribution in [0.3, 0.4) is 0 Å². The third kappa shape index (κ3) is 6.55. The van der Waals surface area contributed by atoms with Crippen molar-refractivity contribution in [1.29, 1.82) is 0 Å². The van der Waals surface area contributed by atoms with E-state index in [4.69, 9.17) is 44.3 Å². The van der Waals surface area contributed by atoms with Gasteiger partial charge in [-0.05, 0) is 60.8 Å². The molecule has 0 atom stereocenters. The van der Waals surface area contributed by atoms with Crippen LogP contribution in [0.25, 0.3) is 0 Å². The summed E-state index contributed by atoms with van der Waals surface area (Å²) in [4.78, 5) is 0. The molecule has 6 heteroatoms. The number of benzene rings is 3. The van der Waals surface area contributed by atoms with E-state index in [1.54, 1.807) is 12.1 Å². The largest absolute Gasteiger partial charge is 0.490 e. The molecule has 0 heterocycles. The van der Waals surface area contributed by atoms with E-state index in [0.29, 0.717) is 46.3 Å². The topological polar surface area (TPSA) is 30.5 Å². The average molecular weight is 465 g/mol. The van der Waals surface area contributed by atoms with Crippen LogP contribution in [0.5, 0.6) is 11.5 Å². The van der Waals surface area contributed by atoms with Gasteiger partial charge in [-0.25, -0.2) is 0 Å². The fourth-order valence-corrected chi connectivity index (χ4v) is 3.63. The molecule has 0 spiro atoms. The van der Waals surface area contributed by atoms with Gasteiger partial charge >= 0.3 is 0 Å². The van der Waals surface area contributed by atoms with E-state index in [2.05, 4.69) is 29.6 Å². The van der Waals surface area contributed by atoms with Crippen molar-refractivity contribution in [2.75, 3.05) is 13.2 Å². The first-order valence-electron chi connectivity index (χ1n) is 9.83. The molecule has 0 saturated heterocycles. The molecule has 1 N–H and O–H groups in total. The zero-order chi connectivity index (χ0) is 21.3. The van der Waals surface area contributed by atoms with Crippen molar-refractivity contribution in [3.05, 3.63) is 92.4 Å². The van der Waals surface area contributed by atoms with Gasteiger partial charge in [0.15, 0.2) is 11.5 Å². The minimum Gasteiger partial charge on any atom is -0.490 e. The number of rotatable bonds is 10. The Bertz CT molecular complexity index is 964. The van der Waals surface area contributed by atoms with E-state index in [-0.39, 0.29) is 0 Å². The highest BCUT2D eigenvalue weighted by Crippen LogP contribution is 2.37. The summed E-state index contributed by atoms with van der Waals surface area (Å²) in [5, 5.41) is 4.97. The zero-order valence-corrected chi connectivity index (χ0v) is 19.0. The molecule has 0 fully saturated rings. The molecule has 0 aliphatic carbocycles. The third-order valence-electron chi connectivity index (χ3n) is 4.50. The van der Waals surface area contributed by atoms with Gasteiger partial charge in [0.1, 0.15) is 6.61 Å². The second-order valence-electron chi connectivity index (χ2n) is 6.79. The van der Waals surface area contributed by atoms with Crippen LogP contribution in [0, 0.1) is 0 Å². The first-order valence-corrected chi connectivity index (χ1v) is 11.0. The van der Waals surface area contributed by atoms with Crippen LogP contribution in [-0.4, -0.2) is 13.2 Å². The Kier molecular flexibility index (Phi) is 8.71. The molecule has 0 unspecified atom stereocenters.